The van der Waals surface area contributed by atoms with Crippen molar-refractivity contribution in [2.24, 2.45) is 0 Å². The number of hydrogen-bond acceptors (Lipinski definition) is 5. The molecule has 112 valence electrons. The van der Waals surface area contributed by atoms with E-state index in [2.05, 4.69) is 0 Å². The van der Waals surface area contributed by atoms with Crippen molar-refractivity contribution < 1.29 is 23.1 Å². The Morgan fingerprint density at radius 1 is 1.19 bits per heavy atom. The van der Waals surface area contributed by atoms with Crippen LogP contribution in [0.15, 0.2) is 28.7 Å². The fourth-order valence-electron chi connectivity index (χ4n) is 2.13. The zero-order valence-electron chi connectivity index (χ0n) is 11.2. The van der Waals surface area contributed by atoms with E-state index in [0.29, 0.717) is 6.42 Å². The monoisotopic (exact) mass is 328 g/mol. The summed E-state index contributed by atoms with van der Waals surface area (Å²) in [7, 11) is -3.43. The number of allylic oxidation sites excluding steroid dienone is 1. The number of aliphatic hydroxyl groups is 1. The van der Waals surface area contributed by atoms with Crippen LogP contribution in [0.5, 0.6) is 0 Å². The minimum Gasteiger partial charge on any atom is -0.506 e. The van der Waals surface area contributed by atoms with Crippen LogP contribution in [0.2, 0.25) is 5.02 Å². The molecule has 1 aliphatic rings. The van der Waals surface area contributed by atoms with Gasteiger partial charge in [0.15, 0.2) is 21.4 Å². The predicted octanol–water partition coefficient (Wildman–Crippen LogP) is 2.33. The van der Waals surface area contributed by atoms with Crippen molar-refractivity contribution in [2.45, 2.75) is 24.2 Å². The first-order valence-corrected chi connectivity index (χ1v) is 8.48. The van der Waals surface area contributed by atoms with E-state index in [-0.39, 0.29) is 33.9 Å². The topological polar surface area (TPSA) is 88.5 Å². The van der Waals surface area contributed by atoms with Gasteiger partial charge in [-0.3, -0.25) is 9.59 Å². The second-order valence-corrected chi connectivity index (χ2v) is 7.26. The molecule has 0 radical (unpaired) electrons. The third-order valence-corrected chi connectivity index (χ3v) is 4.65. The highest BCUT2D eigenvalue weighted by molar-refractivity contribution is 7.90. The third kappa shape index (κ3) is 3.16. The summed E-state index contributed by atoms with van der Waals surface area (Å²) in [4.78, 5) is 23.6. The Hall–Kier alpha value is -1.66. The number of benzene rings is 1. The largest absolute Gasteiger partial charge is 0.506 e. The van der Waals surface area contributed by atoms with Crippen molar-refractivity contribution in [1.82, 2.24) is 0 Å². The molecular weight excluding hydrogens is 316 g/mol. The lowest BCUT2D eigenvalue weighted by Gasteiger charge is -2.14. The summed E-state index contributed by atoms with van der Waals surface area (Å²) in [5.74, 6) is -1.34. The number of halogens is 1. The molecule has 1 N–H and O–H groups in total. The van der Waals surface area contributed by atoms with Crippen LogP contribution in [0, 0.1) is 0 Å². The molecule has 0 unspecified atom stereocenters. The van der Waals surface area contributed by atoms with Gasteiger partial charge in [0.25, 0.3) is 0 Å². The van der Waals surface area contributed by atoms with Gasteiger partial charge in [0.1, 0.15) is 11.3 Å². The highest BCUT2D eigenvalue weighted by Crippen LogP contribution is 2.30. The average Bonchev–Trinajstić information content (AvgIpc) is 2.37. The first kappa shape index (κ1) is 15.7. The number of hydrogen-bond donors (Lipinski definition) is 1. The number of sulfone groups is 1. The fraction of sp³-hybridized carbons (Fsp3) is 0.286. The average molecular weight is 329 g/mol. The Bertz CT molecular complexity index is 744. The van der Waals surface area contributed by atoms with Crippen LogP contribution >= 0.6 is 11.6 Å². The molecule has 7 heteroatoms. The van der Waals surface area contributed by atoms with Crippen LogP contribution in [0.1, 0.15) is 24.8 Å². The SMILES string of the molecule is CS(=O)(=O)c1ccc(C(O)=C2C(=O)CCCC2=O)c(Cl)c1. The van der Waals surface area contributed by atoms with Gasteiger partial charge in [-0.05, 0) is 24.6 Å². The normalized spacial score (nSPS) is 16.2. The maximum absolute atomic E-state index is 11.8. The molecule has 0 bridgehead atoms. The molecule has 0 heterocycles. The Morgan fingerprint density at radius 2 is 1.76 bits per heavy atom. The molecule has 0 aromatic heterocycles. The van der Waals surface area contributed by atoms with Gasteiger partial charge < -0.3 is 5.11 Å². The number of aliphatic hydroxyl groups excluding tert-OH is 1. The van der Waals surface area contributed by atoms with E-state index >= 15 is 0 Å². The van der Waals surface area contributed by atoms with Crippen LogP contribution < -0.4 is 0 Å². The molecule has 2 rings (SSSR count). The van der Waals surface area contributed by atoms with E-state index in [9.17, 15) is 23.1 Å². The summed E-state index contributed by atoms with van der Waals surface area (Å²) in [5.41, 5.74) is -0.182. The summed E-state index contributed by atoms with van der Waals surface area (Å²) in [5, 5.41) is 10.1. The van der Waals surface area contributed by atoms with Crippen molar-refractivity contribution in [3.05, 3.63) is 34.4 Å². The van der Waals surface area contributed by atoms with Gasteiger partial charge in [0.05, 0.1) is 9.92 Å². The molecule has 0 atom stereocenters. The summed E-state index contributed by atoms with van der Waals surface area (Å²) in [6.07, 6.45) is 1.90. The molecule has 1 aliphatic carbocycles. The van der Waals surface area contributed by atoms with E-state index in [1.165, 1.54) is 18.2 Å². The van der Waals surface area contributed by atoms with Gasteiger partial charge in [0.2, 0.25) is 0 Å². The van der Waals surface area contributed by atoms with E-state index in [1.807, 2.05) is 0 Å². The van der Waals surface area contributed by atoms with Crippen LogP contribution in [0.4, 0.5) is 0 Å². The highest BCUT2D eigenvalue weighted by Gasteiger charge is 2.28. The van der Waals surface area contributed by atoms with Crippen LogP contribution in [-0.4, -0.2) is 31.3 Å². The molecule has 1 fully saturated rings. The summed E-state index contributed by atoms with van der Waals surface area (Å²) >= 11 is 5.96. The molecule has 1 aromatic rings. The van der Waals surface area contributed by atoms with Gasteiger partial charge >= 0.3 is 0 Å². The number of carbonyl (C=O) groups is 2. The van der Waals surface area contributed by atoms with Crippen molar-refractivity contribution in [1.29, 1.82) is 0 Å². The molecule has 21 heavy (non-hydrogen) atoms. The summed E-state index contributed by atoms with van der Waals surface area (Å²) < 4.78 is 22.9. The van der Waals surface area contributed by atoms with Gasteiger partial charge in [0, 0.05) is 24.7 Å². The van der Waals surface area contributed by atoms with Crippen molar-refractivity contribution >= 4 is 38.8 Å². The van der Waals surface area contributed by atoms with Gasteiger partial charge in [-0.25, -0.2) is 8.42 Å². The zero-order valence-corrected chi connectivity index (χ0v) is 12.8. The van der Waals surface area contributed by atoms with Crippen LogP contribution in [0.25, 0.3) is 5.76 Å². The molecule has 5 nitrogen and oxygen atoms in total. The standard InChI is InChI=1S/C14H13ClO5S/c1-21(19,20)8-5-6-9(10(15)7-8)14(18)13-11(16)3-2-4-12(13)17/h5-7,18H,2-4H2,1H3. The van der Waals surface area contributed by atoms with Gasteiger partial charge in [-0.2, -0.15) is 0 Å². The minimum atomic E-state index is -3.43. The minimum absolute atomic E-state index is 0.00431. The van der Waals surface area contributed by atoms with E-state index in [1.54, 1.807) is 0 Å². The molecular formula is C14H13ClO5S. The quantitative estimate of drug-likeness (QED) is 0.511. The molecule has 0 spiro atoms. The first-order chi connectivity index (χ1) is 9.71. The Kier molecular flexibility index (Phi) is 4.20. The number of Topliss-reactive ketones (excluding diaryl/α,β-unsaturated/α-hetero) is 2. The second-order valence-electron chi connectivity index (χ2n) is 4.84. The summed E-state index contributed by atoms with van der Waals surface area (Å²) in [6.45, 7) is 0. The number of carbonyl (C=O) groups excluding carboxylic acids is 2. The molecule has 0 amide bonds. The van der Waals surface area contributed by atoms with Crippen LogP contribution in [0.3, 0.4) is 0 Å². The van der Waals surface area contributed by atoms with Gasteiger partial charge in [-0.1, -0.05) is 11.6 Å². The summed E-state index contributed by atoms with van der Waals surface area (Å²) in [6, 6.07) is 3.74. The maximum Gasteiger partial charge on any atom is 0.175 e. The first-order valence-electron chi connectivity index (χ1n) is 6.21. The lowest BCUT2D eigenvalue weighted by molar-refractivity contribution is -0.123. The highest BCUT2D eigenvalue weighted by atomic mass is 35.5. The van der Waals surface area contributed by atoms with Crippen LogP contribution in [-0.2, 0) is 19.4 Å². The lowest BCUT2D eigenvalue weighted by Crippen LogP contribution is -2.20. The predicted molar refractivity (Wildman–Crippen MR) is 78.0 cm³/mol. The third-order valence-electron chi connectivity index (χ3n) is 3.23. The molecule has 0 aliphatic heterocycles. The fourth-order valence-corrected chi connectivity index (χ4v) is 3.11. The van der Waals surface area contributed by atoms with E-state index < -0.39 is 27.2 Å². The number of rotatable bonds is 2. The smallest absolute Gasteiger partial charge is 0.175 e. The Morgan fingerprint density at radius 3 is 2.24 bits per heavy atom. The Labute approximate surface area is 127 Å². The zero-order chi connectivity index (χ0) is 15.8. The van der Waals surface area contributed by atoms with E-state index in [4.69, 9.17) is 11.6 Å². The van der Waals surface area contributed by atoms with Crippen molar-refractivity contribution in [3.63, 3.8) is 0 Å². The maximum atomic E-state index is 11.8. The second kappa shape index (κ2) is 5.61. The van der Waals surface area contributed by atoms with E-state index in [0.717, 1.165) is 6.26 Å². The van der Waals surface area contributed by atoms with Gasteiger partial charge in [-0.15, -0.1) is 0 Å². The van der Waals surface area contributed by atoms with Crippen molar-refractivity contribution in [2.75, 3.05) is 6.26 Å². The molecule has 1 aromatic carbocycles. The van der Waals surface area contributed by atoms with Crippen molar-refractivity contribution in [3.8, 4) is 0 Å². The molecule has 1 saturated carbocycles. The number of ketones is 2. The Balaban J connectivity index is 2.56. The molecule has 0 saturated heterocycles. The lowest BCUT2D eigenvalue weighted by atomic mass is 9.90.